The fraction of sp³-hybridized carbons (Fsp3) is 0.647. The van der Waals surface area contributed by atoms with E-state index in [0.29, 0.717) is 6.42 Å². The summed E-state index contributed by atoms with van der Waals surface area (Å²) in [6, 6.07) is 0. The Labute approximate surface area is 126 Å². The Bertz CT molecular complexity index is 489. The molecule has 4 atom stereocenters. The first kappa shape index (κ1) is 15.8. The molecular weight excluding hydrogens is 268 g/mol. The number of esters is 2. The maximum atomic E-state index is 12.0. The van der Waals surface area contributed by atoms with E-state index in [1.807, 2.05) is 19.9 Å². The van der Waals surface area contributed by atoms with E-state index in [9.17, 15) is 9.59 Å². The third kappa shape index (κ3) is 3.74. The van der Waals surface area contributed by atoms with Gasteiger partial charge in [0.25, 0.3) is 0 Å². The van der Waals surface area contributed by atoms with E-state index in [1.54, 1.807) is 0 Å². The normalized spacial score (nSPS) is 35.9. The van der Waals surface area contributed by atoms with Crippen molar-refractivity contribution in [2.45, 2.75) is 59.2 Å². The van der Waals surface area contributed by atoms with Crippen LogP contribution in [0.15, 0.2) is 23.3 Å². The number of allylic oxidation sites excluding steroid dienone is 2. The van der Waals surface area contributed by atoms with Gasteiger partial charge in [-0.1, -0.05) is 24.1 Å². The molecule has 0 aromatic heterocycles. The van der Waals surface area contributed by atoms with Crippen LogP contribution in [0.2, 0.25) is 0 Å². The molecule has 1 saturated heterocycles. The Hall–Kier alpha value is -1.58. The lowest BCUT2D eigenvalue weighted by Crippen LogP contribution is -2.34. The van der Waals surface area contributed by atoms with Gasteiger partial charge in [-0.3, -0.25) is 9.59 Å². The lowest BCUT2D eigenvalue weighted by molar-refractivity contribution is -0.147. The van der Waals surface area contributed by atoms with Gasteiger partial charge in [-0.25, -0.2) is 0 Å². The van der Waals surface area contributed by atoms with Gasteiger partial charge in [0, 0.05) is 13.3 Å². The van der Waals surface area contributed by atoms with Crippen LogP contribution in [-0.2, 0) is 19.1 Å². The van der Waals surface area contributed by atoms with Crippen LogP contribution in [0.25, 0.3) is 0 Å². The van der Waals surface area contributed by atoms with Crippen LogP contribution >= 0.6 is 0 Å². The molecule has 1 fully saturated rings. The van der Waals surface area contributed by atoms with E-state index in [0.717, 1.165) is 12.8 Å². The predicted molar refractivity (Wildman–Crippen MR) is 79.5 cm³/mol. The Kier molecular flexibility index (Phi) is 4.86. The summed E-state index contributed by atoms with van der Waals surface area (Å²) in [5, 5.41) is 0. The second kappa shape index (κ2) is 6.46. The van der Waals surface area contributed by atoms with E-state index in [1.165, 1.54) is 18.1 Å². The summed E-state index contributed by atoms with van der Waals surface area (Å²) >= 11 is 0. The van der Waals surface area contributed by atoms with Crippen LogP contribution in [0.4, 0.5) is 0 Å². The van der Waals surface area contributed by atoms with Crippen molar-refractivity contribution in [1.82, 2.24) is 0 Å². The molecule has 0 saturated carbocycles. The van der Waals surface area contributed by atoms with Gasteiger partial charge in [0.1, 0.15) is 12.2 Å². The third-order valence-electron chi connectivity index (χ3n) is 4.33. The standard InChI is InChI=1S/C17H24O4/c1-10-6-5-7-11(2)9-15-16(12(3)17(19)21-15)14(8-10)20-13(4)18/h7-8,12,14-16H,5-6,9H2,1-4H3/b10-8+,11-7?/t12-,14+,15+,16+/m1/s1. The summed E-state index contributed by atoms with van der Waals surface area (Å²) in [6.45, 7) is 7.37. The fourth-order valence-electron chi connectivity index (χ4n) is 3.21. The molecule has 0 aromatic rings. The van der Waals surface area contributed by atoms with Crippen LogP contribution in [-0.4, -0.2) is 24.1 Å². The first-order valence-corrected chi connectivity index (χ1v) is 7.59. The van der Waals surface area contributed by atoms with Gasteiger partial charge in [0.2, 0.25) is 0 Å². The Balaban J connectivity index is 2.36. The van der Waals surface area contributed by atoms with Crippen LogP contribution in [0, 0.1) is 11.8 Å². The van der Waals surface area contributed by atoms with Gasteiger partial charge >= 0.3 is 11.9 Å². The van der Waals surface area contributed by atoms with Gasteiger partial charge < -0.3 is 9.47 Å². The maximum Gasteiger partial charge on any atom is 0.309 e. The first-order chi connectivity index (χ1) is 9.88. The highest BCUT2D eigenvalue weighted by Gasteiger charge is 2.46. The number of fused-ring (bicyclic) bond motifs is 1. The average molecular weight is 292 g/mol. The van der Waals surface area contributed by atoms with Crippen molar-refractivity contribution in [2.24, 2.45) is 11.8 Å². The Morgan fingerprint density at radius 3 is 2.71 bits per heavy atom. The van der Waals surface area contributed by atoms with E-state index in [-0.39, 0.29) is 36.0 Å². The Morgan fingerprint density at radius 2 is 2.05 bits per heavy atom. The van der Waals surface area contributed by atoms with Crippen molar-refractivity contribution in [3.63, 3.8) is 0 Å². The summed E-state index contributed by atoms with van der Waals surface area (Å²) in [7, 11) is 0. The van der Waals surface area contributed by atoms with Crippen LogP contribution in [0.3, 0.4) is 0 Å². The minimum absolute atomic E-state index is 0.113. The topological polar surface area (TPSA) is 52.6 Å². The number of carbonyl (C=O) groups excluding carboxylic acids is 2. The largest absolute Gasteiger partial charge is 0.461 e. The Morgan fingerprint density at radius 1 is 1.33 bits per heavy atom. The molecular formula is C17H24O4. The van der Waals surface area contributed by atoms with Crippen molar-refractivity contribution >= 4 is 11.9 Å². The quantitative estimate of drug-likeness (QED) is 0.550. The fourth-order valence-corrected chi connectivity index (χ4v) is 3.21. The second-order valence-electron chi connectivity index (χ2n) is 6.22. The molecule has 0 radical (unpaired) electrons. The smallest absolute Gasteiger partial charge is 0.309 e. The highest BCUT2D eigenvalue weighted by molar-refractivity contribution is 5.75. The molecule has 0 N–H and O–H groups in total. The van der Waals surface area contributed by atoms with Gasteiger partial charge in [-0.05, 0) is 32.8 Å². The summed E-state index contributed by atoms with van der Waals surface area (Å²) in [6.07, 6.45) is 6.21. The zero-order valence-electron chi connectivity index (χ0n) is 13.2. The lowest BCUT2D eigenvalue weighted by Gasteiger charge is -2.27. The molecule has 1 heterocycles. The number of rotatable bonds is 1. The minimum Gasteiger partial charge on any atom is -0.461 e. The van der Waals surface area contributed by atoms with Gasteiger partial charge in [0.05, 0.1) is 11.8 Å². The summed E-state index contributed by atoms with van der Waals surface area (Å²) < 4.78 is 11.0. The van der Waals surface area contributed by atoms with Crippen molar-refractivity contribution in [1.29, 1.82) is 0 Å². The number of hydrogen-bond acceptors (Lipinski definition) is 4. The van der Waals surface area contributed by atoms with Crippen LogP contribution < -0.4 is 0 Å². The molecule has 1 aliphatic heterocycles. The van der Waals surface area contributed by atoms with Crippen LogP contribution in [0.1, 0.15) is 47.0 Å². The first-order valence-electron chi connectivity index (χ1n) is 7.59. The molecule has 0 unspecified atom stereocenters. The molecule has 2 rings (SSSR count). The lowest BCUT2D eigenvalue weighted by atomic mass is 9.82. The number of ether oxygens (including phenoxy) is 2. The highest BCUT2D eigenvalue weighted by atomic mass is 16.6. The molecule has 0 spiro atoms. The zero-order chi connectivity index (χ0) is 15.6. The molecule has 0 aromatic carbocycles. The number of carbonyl (C=O) groups is 2. The molecule has 1 aliphatic carbocycles. The second-order valence-corrected chi connectivity index (χ2v) is 6.22. The zero-order valence-corrected chi connectivity index (χ0v) is 13.2. The highest BCUT2D eigenvalue weighted by Crippen LogP contribution is 2.37. The van der Waals surface area contributed by atoms with Crippen LogP contribution in [0.5, 0.6) is 0 Å². The predicted octanol–water partition coefficient (Wildman–Crippen LogP) is 3.17. The molecule has 4 nitrogen and oxygen atoms in total. The third-order valence-corrected chi connectivity index (χ3v) is 4.33. The van der Waals surface area contributed by atoms with E-state index >= 15 is 0 Å². The van der Waals surface area contributed by atoms with Gasteiger partial charge in [-0.15, -0.1) is 0 Å². The van der Waals surface area contributed by atoms with Crippen molar-refractivity contribution in [3.8, 4) is 0 Å². The van der Waals surface area contributed by atoms with E-state index in [4.69, 9.17) is 9.47 Å². The SMILES string of the molecule is CC(=O)O[C@H]1/C=C(\C)CCC=C(C)C[C@@H]2OC(=O)[C@H](C)[C@@H]12. The van der Waals surface area contributed by atoms with Gasteiger partial charge in [0.15, 0.2) is 0 Å². The van der Waals surface area contributed by atoms with Crippen molar-refractivity contribution in [3.05, 3.63) is 23.3 Å². The summed E-state index contributed by atoms with van der Waals surface area (Å²) in [5.74, 6) is -0.882. The monoisotopic (exact) mass is 292 g/mol. The van der Waals surface area contributed by atoms with Crippen molar-refractivity contribution < 1.29 is 19.1 Å². The molecule has 0 bridgehead atoms. The minimum atomic E-state index is -0.389. The molecule has 21 heavy (non-hydrogen) atoms. The summed E-state index contributed by atoms with van der Waals surface area (Å²) in [5.41, 5.74) is 2.40. The molecule has 4 heteroatoms. The van der Waals surface area contributed by atoms with E-state index in [2.05, 4.69) is 13.0 Å². The van der Waals surface area contributed by atoms with E-state index < -0.39 is 0 Å². The molecule has 2 aliphatic rings. The summed E-state index contributed by atoms with van der Waals surface area (Å²) in [4.78, 5) is 23.4. The van der Waals surface area contributed by atoms with Crippen molar-refractivity contribution in [2.75, 3.05) is 0 Å². The average Bonchev–Trinajstić information content (AvgIpc) is 2.62. The maximum absolute atomic E-state index is 12.0. The molecule has 0 amide bonds. The molecule has 116 valence electrons. The number of hydrogen-bond donors (Lipinski definition) is 0. The van der Waals surface area contributed by atoms with Gasteiger partial charge in [-0.2, -0.15) is 0 Å².